The highest BCUT2D eigenvalue weighted by Crippen LogP contribution is 1.76. The van der Waals surface area contributed by atoms with Crippen molar-refractivity contribution in [2.45, 2.75) is 6.92 Å². The van der Waals surface area contributed by atoms with Crippen molar-refractivity contribution >= 4 is 0 Å². The first-order valence-electron chi connectivity index (χ1n) is 2.48. The molecule has 3 nitrogen and oxygen atoms in total. The molecule has 0 amide bonds. The van der Waals surface area contributed by atoms with Crippen LogP contribution in [0.2, 0.25) is 0 Å². The summed E-state index contributed by atoms with van der Waals surface area (Å²) in [5, 5.41) is 0. The Bertz CT molecular complexity index is 136. The van der Waals surface area contributed by atoms with E-state index in [4.69, 9.17) is 4.84 Å². The molecule has 0 spiro atoms. The predicted octanol–water partition coefficient (Wildman–Crippen LogP) is 0.132. The van der Waals surface area contributed by atoms with E-state index in [1.54, 1.807) is 12.4 Å². The second-order valence-corrected chi connectivity index (χ2v) is 1.27. The van der Waals surface area contributed by atoms with Crippen LogP contribution < -0.4 is 4.84 Å². The maximum absolute atomic E-state index is 4.94. The number of hydrogen-bond donors (Lipinski definition) is 0. The van der Waals surface area contributed by atoms with Crippen LogP contribution in [0.5, 0.6) is 0 Å². The molecule has 1 aromatic heterocycles. The predicted molar refractivity (Wildman–Crippen MR) is 28.2 cm³/mol. The first kappa shape index (κ1) is 5.15. The van der Waals surface area contributed by atoms with Crippen molar-refractivity contribution in [3.05, 3.63) is 18.7 Å². The topological polar surface area (TPSA) is 27.1 Å². The molecule has 0 N–H and O–H groups in total. The van der Waals surface area contributed by atoms with Crippen LogP contribution in [0, 0.1) is 6.33 Å². The standard InChI is InChI=1S/C5H7N2O/c1-2-8-7-4-3-6-5-7/h3-4H,2H2,1H3. The molecule has 3 heteroatoms. The molecule has 1 heterocycles. The summed E-state index contributed by atoms with van der Waals surface area (Å²) in [5.74, 6) is 0. The lowest BCUT2D eigenvalue weighted by Gasteiger charge is -1.97. The van der Waals surface area contributed by atoms with Gasteiger partial charge in [-0.25, -0.2) is 4.98 Å². The Kier molecular flexibility index (Phi) is 1.51. The summed E-state index contributed by atoms with van der Waals surface area (Å²) in [6.07, 6.45) is 5.90. The molecule has 0 aromatic carbocycles. The highest BCUT2D eigenvalue weighted by atomic mass is 16.7. The summed E-state index contributed by atoms with van der Waals surface area (Å²) in [5.41, 5.74) is 0. The molecular weight excluding hydrogens is 104 g/mol. The van der Waals surface area contributed by atoms with Crippen molar-refractivity contribution in [1.29, 1.82) is 0 Å². The Morgan fingerprint density at radius 1 is 1.88 bits per heavy atom. The summed E-state index contributed by atoms with van der Waals surface area (Å²) in [4.78, 5) is 8.60. The summed E-state index contributed by atoms with van der Waals surface area (Å²) in [6.45, 7) is 2.56. The van der Waals surface area contributed by atoms with E-state index in [0.29, 0.717) is 6.61 Å². The fourth-order valence-electron chi connectivity index (χ4n) is 0.428. The van der Waals surface area contributed by atoms with Crippen LogP contribution in [0.25, 0.3) is 0 Å². The second-order valence-electron chi connectivity index (χ2n) is 1.27. The van der Waals surface area contributed by atoms with Gasteiger partial charge in [-0.3, -0.25) is 0 Å². The minimum atomic E-state index is 0.646. The van der Waals surface area contributed by atoms with Gasteiger partial charge in [0.25, 0.3) is 0 Å². The van der Waals surface area contributed by atoms with Crippen molar-refractivity contribution in [3.63, 3.8) is 0 Å². The Labute approximate surface area is 47.9 Å². The second kappa shape index (κ2) is 2.35. The number of rotatable bonds is 2. The number of aromatic nitrogens is 2. The molecule has 1 radical (unpaired) electrons. The normalized spacial score (nSPS) is 9.12. The fourth-order valence-corrected chi connectivity index (χ4v) is 0.428. The molecule has 0 unspecified atom stereocenters. The molecule has 0 atom stereocenters. The molecule has 1 aromatic rings. The molecule has 43 valence electrons. The third kappa shape index (κ3) is 0.992. The van der Waals surface area contributed by atoms with E-state index in [1.807, 2.05) is 6.92 Å². The van der Waals surface area contributed by atoms with E-state index in [-0.39, 0.29) is 0 Å². The van der Waals surface area contributed by atoms with Crippen LogP contribution >= 0.6 is 0 Å². The van der Waals surface area contributed by atoms with Gasteiger partial charge in [-0.1, -0.05) is 0 Å². The van der Waals surface area contributed by atoms with Crippen LogP contribution in [-0.4, -0.2) is 16.3 Å². The smallest absolute Gasteiger partial charge is 0.214 e. The Morgan fingerprint density at radius 3 is 3.25 bits per heavy atom. The van der Waals surface area contributed by atoms with Gasteiger partial charge in [0.2, 0.25) is 6.33 Å². The van der Waals surface area contributed by atoms with Gasteiger partial charge in [0.15, 0.2) is 0 Å². The molecule has 0 aliphatic rings. The molecule has 0 saturated carbocycles. The highest BCUT2D eigenvalue weighted by molar-refractivity contribution is 4.67. The van der Waals surface area contributed by atoms with E-state index in [1.165, 1.54) is 4.73 Å². The molecule has 0 bridgehead atoms. The average molecular weight is 111 g/mol. The molecule has 0 aliphatic heterocycles. The SMILES string of the molecule is CCOn1[c]ncc1. The van der Waals surface area contributed by atoms with Crippen LogP contribution in [0.15, 0.2) is 12.4 Å². The van der Waals surface area contributed by atoms with Crippen LogP contribution in [0.4, 0.5) is 0 Å². The van der Waals surface area contributed by atoms with E-state index >= 15 is 0 Å². The zero-order valence-corrected chi connectivity index (χ0v) is 4.66. The first-order chi connectivity index (χ1) is 3.93. The molecule has 1 rings (SSSR count). The lowest BCUT2D eigenvalue weighted by Crippen LogP contribution is -2.07. The van der Waals surface area contributed by atoms with E-state index in [9.17, 15) is 0 Å². The zero-order chi connectivity index (χ0) is 5.82. The van der Waals surface area contributed by atoms with Gasteiger partial charge >= 0.3 is 0 Å². The maximum Gasteiger partial charge on any atom is 0.214 e. The minimum Gasteiger partial charge on any atom is -0.412 e. The zero-order valence-electron chi connectivity index (χ0n) is 4.66. The minimum absolute atomic E-state index is 0.646. The van der Waals surface area contributed by atoms with Crippen molar-refractivity contribution in [1.82, 2.24) is 9.71 Å². The lowest BCUT2D eigenvalue weighted by atomic mass is 10.9. The van der Waals surface area contributed by atoms with Gasteiger partial charge in [0.1, 0.15) is 6.61 Å². The quantitative estimate of drug-likeness (QED) is 0.542. The number of hydrogen-bond acceptors (Lipinski definition) is 2. The maximum atomic E-state index is 4.94. The van der Waals surface area contributed by atoms with E-state index < -0.39 is 0 Å². The van der Waals surface area contributed by atoms with E-state index in [0.717, 1.165) is 0 Å². The molecule has 0 fully saturated rings. The number of nitrogens with zero attached hydrogens (tertiary/aromatic N) is 2. The summed E-state index contributed by atoms with van der Waals surface area (Å²) in [7, 11) is 0. The van der Waals surface area contributed by atoms with Gasteiger partial charge in [-0.15, -0.1) is 0 Å². The molecule has 0 aliphatic carbocycles. The largest absolute Gasteiger partial charge is 0.412 e. The summed E-state index contributed by atoms with van der Waals surface area (Å²) in [6, 6.07) is 0. The van der Waals surface area contributed by atoms with E-state index in [2.05, 4.69) is 11.3 Å². The van der Waals surface area contributed by atoms with Gasteiger partial charge in [0.05, 0.1) is 6.20 Å². The van der Waals surface area contributed by atoms with Gasteiger partial charge < -0.3 is 4.84 Å². The third-order valence-corrected chi connectivity index (χ3v) is 0.701. The van der Waals surface area contributed by atoms with Gasteiger partial charge in [-0.05, 0) is 6.92 Å². The number of imidazole rings is 1. The summed E-state index contributed by atoms with van der Waals surface area (Å²) < 4.78 is 1.44. The fraction of sp³-hybridized carbons (Fsp3) is 0.400. The molecular formula is C5H7N2O. The molecule has 0 saturated heterocycles. The van der Waals surface area contributed by atoms with Crippen LogP contribution in [-0.2, 0) is 0 Å². The Hall–Kier alpha value is -0.990. The van der Waals surface area contributed by atoms with Crippen molar-refractivity contribution in [3.8, 4) is 0 Å². The van der Waals surface area contributed by atoms with Crippen molar-refractivity contribution in [2.75, 3.05) is 6.61 Å². The van der Waals surface area contributed by atoms with Crippen LogP contribution in [0.3, 0.4) is 0 Å². The third-order valence-electron chi connectivity index (χ3n) is 0.701. The van der Waals surface area contributed by atoms with Gasteiger partial charge in [-0.2, -0.15) is 4.73 Å². The highest BCUT2D eigenvalue weighted by Gasteiger charge is 1.82. The lowest BCUT2D eigenvalue weighted by molar-refractivity contribution is 0.119. The van der Waals surface area contributed by atoms with Crippen LogP contribution in [0.1, 0.15) is 6.92 Å². The van der Waals surface area contributed by atoms with Crippen molar-refractivity contribution in [2.24, 2.45) is 0 Å². The summed E-state index contributed by atoms with van der Waals surface area (Å²) >= 11 is 0. The Morgan fingerprint density at radius 2 is 2.75 bits per heavy atom. The monoisotopic (exact) mass is 111 g/mol. The average Bonchev–Trinajstić information content (AvgIpc) is 2.19. The Balaban J connectivity index is 2.50. The first-order valence-corrected chi connectivity index (χ1v) is 2.48. The molecule has 8 heavy (non-hydrogen) atoms. The van der Waals surface area contributed by atoms with Crippen molar-refractivity contribution < 1.29 is 4.84 Å². The van der Waals surface area contributed by atoms with Gasteiger partial charge in [0, 0.05) is 6.20 Å².